The highest BCUT2D eigenvalue weighted by atomic mass is 16.4. The fourth-order valence-corrected chi connectivity index (χ4v) is 2.23. The summed E-state index contributed by atoms with van der Waals surface area (Å²) in [5.41, 5.74) is 0.564. The molecule has 1 unspecified atom stereocenters. The summed E-state index contributed by atoms with van der Waals surface area (Å²) in [6.45, 7) is 0.675. The quantitative estimate of drug-likeness (QED) is 0.636. The van der Waals surface area contributed by atoms with E-state index in [0.29, 0.717) is 12.1 Å². The van der Waals surface area contributed by atoms with E-state index in [1.807, 2.05) is 19.0 Å². The molecule has 2 amide bonds. The van der Waals surface area contributed by atoms with Crippen molar-refractivity contribution in [3.63, 3.8) is 0 Å². The highest BCUT2D eigenvalue weighted by Crippen LogP contribution is 2.29. The van der Waals surface area contributed by atoms with E-state index in [1.54, 1.807) is 18.2 Å². The number of carbonyl (C=O) groups excluding carboxylic acids is 2. The predicted molar refractivity (Wildman–Crippen MR) is 71.4 cm³/mol. The van der Waals surface area contributed by atoms with Crippen LogP contribution in [0.15, 0.2) is 24.3 Å². The van der Waals surface area contributed by atoms with Crippen LogP contribution in [0.4, 0.5) is 0 Å². The summed E-state index contributed by atoms with van der Waals surface area (Å²) in [5.74, 6) is -3.62. The van der Waals surface area contributed by atoms with Crippen LogP contribution in [-0.4, -0.2) is 59.9 Å². The van der Waals surface area contributed by atoms with Gasteiger partial charge in [-0.15, -0.1) is 0 Å². The van der Waals surface area contributed by atoms with E-state index in [2.05, 4.69) is 0 Å². The molecule has 0 saturated heterocycles. The summed E-state index contributed by atoms with van der Waals surface area (Å²) < 4.78 is 0. The molecule has 6 heteroatoms. The van der Waals surface area contributed by atoms with Crippen LogP contribution < -0.4 is 0 Å². The zero-order valence-electron chi connectivity index (χ0n) is 11.4. The van der Waals surface area contributed by atoms with Gasteiger partial charge in [0.2, 0.25) is 5.91 Å². The van der Waals surface area contributed by atoms with Crippen molar-refractivity contribution in [1.29, 1.82) is 0 Å². The van der Waals surface area contributed by atoms with Gasteiger partial charge in [-0.1, -0.05) is 18.2 Å². The monoisotopic (exact) mass is 276 g/mol. The van der Waals surface area contributed by atoms with Crippen molar-refractivity contribution in [2.24, 2.45) is 0 Å². The summed E-state index contributed by atoms with van der Waals surface area (Å²) in [5, 5.41) is 9.27. The van der Waals surface area contributed by atoms with Gasteiger partial charge in [-0.2, -0.15) is 0 Å². The van der Waals surface area contributed by atoms with Crippen molar-refractivity contribution in [3.05, 3.63) is 35.4 Å². The van der Waals surface area contributed by atoms with Gasteiger partial charge in [-0.05, 0) is 25.7 Å². The Labute approximate surface area is 116 Å². The molecule has 20 heavy (non-hydrogen) atoms. The number of aliphatic carboxylic acids is 1. The molecule has 6 nitrogen and oxygen atoms in total. The zero-order valence-corrected chi connectivity index (χ0v) is 11.4. The van der Waals surface area contributed by atoms with Gasteiger partial charge in [0.15, 0.2) is 5.92 Å². The van der Waals surface area contributed by atoms with E-state index in [1.165, 1.54) is 6.07 Å². The lowest BCUT2D eigenvalue weighted by Gasteiger charge is -2.31. The molecule has 1 heterocycles. The Morgan fingerprint density at radius 3 is 2.55 bits per heavy atom. The lowest BCUT2D eigenvalue weighted by atomic mass is 9.88. The molecule has 1 aromatic rings. The molecule has 1 atom stereocenters. The number of likely N-dealkylation sites (N-methyl/N-ethyl adjacent to an activating group) is 1. The number of benzene rings is 1. The maximum Gasteiger partial charge on any atom is 0.320 e. The van der Waals surface area contributed by atoms with Gasteiger partial charge in [0.05, 0.1) is 0 Å². The second kappa shape index (κ2) is 5.42. The third kappa shape index (κ3) is 2.42. The molecule has 0 bridgehead atoms. The number of fused-ring (bicyclic) bond motifs is 1. The number of hydrogen-bond acceptors (Lipinski definition) is 4. The Bertz CT molecular complexity index is 568. The fourth-order valence-electron chi connectivity index (χ4n) is 2.23. The van der Waals surface area contributed by atoms with Crippen molar-refractivity contribution < 1.29 is 19.5 Å². The molecular formula is C14H16N2O4. The minimum Gasteiger partial charge on any atom is -0.480 e. The largest absolute Gasteiger partial charge is 0.480 e. The van der Waals surface area contributed by atoms with Crippen LogP contribution in [0.25, 0.3) is 0 Å². The van der Waals surface area contributed by atoms with Crippen LogP contribution in [0.2, 0.25) is 0 Å². The molecule has 106 valence electrons. The molecule has 0 spiro atoms. The number of rotatable bonds is 4. The maximum absolute atomic E-state index is 12.3. The van der Waals surface area contributed by atoms with E-state index in [-0.39, 0.29) is 12.1 Å². The van der Waals surface area contributed by atoms with Gasteiger partial charge < -0.3 is 10.0 Å². The Morgan fingerprint density at radius 1 is 1.30 bits per heavy atom. The van der Waals surface area contributed by atoms with Crippen molar-refractivity contribution >= 4 is 17.8 Å². The minimum absolute atomic E-state index is 0.183. The van der Waals surface area contributed by atoms with Crippen LogP contribution in [0.3, 0.4) is 0 Å². The number of imide groups is 1. The van der Waals surface area contributed by atoms with E-state index in [4.69, 9.17) is 0 Å². The number of carboxylic acids is 1. The lowest BCUT2D eigenvalue weighted by molar-refractivity contribution is -0.146. The molecule has 1 aliphatic heterocycles. The highest BCUT2D eigenvalue weighted by molar-refractivity contribution is 6.17. The van der Waals surface area contributed by atoms with Crippen molar-refractivity contribution in [2.75, 3.05) is 27.2 Å². The zero-order chi connectivity index (χ0) is 14.9. The Hall–Kier alpha value is -2.21. The van der Waals surface area contributed by atoms with Crippen molar-refractivity contribution in [3.8, 4) is 0 Å². The van der Waals surface area contributed by atoms with Gasteiger partial charge in [-0.25, -0.2) is 0 Å². The van der Waals surface area contributed by atoms with E-state index >= 15 is 0 Å². The summed E-state index contributed by atoms with van der Waals surface area (Å²) in [6, 6.07) is 6.37. The van der Waals surface area contributed by atoms with Crippen molar-refractivity contribution in [1.82, 2.24) is 9.80 Å². The molecule has 2 rings (SSSR count). The maximum atomic E-state index is 12.3. The van der Waals surface area contributed by atoms with Crippen LogP contribution in [-0.2, 0) is 9.59 Å². The topological polar surface area (TPSA) is 77.9 Å². The molecule has 0 aromatic heterocycles. The van der Waals surface area contributed by atoms with E-state index < -0.39 is 23.7 Å². The first kappa shape index (κ1) is 14.2. The molecule has 1 aromatic carbocycles. The number of amides is 2. The second-order valence-electron chi connectivity index (χ2n) is 4.96. The number of carboxylic acid groups (broad SMARTS) is 1. The molecule has 0 fully saturated rings. The number of hydrogen-bond donors (Lipinski definition) is 1. The predicted octanol–water partition coefficient (Wildman–Crippen LogP) is 0.399. The third-order valence-corrected chi connectivity index (χ3v) is 3.28. The Balaban J connectivity index is 2.42. The number of nitrogens with zero attached hydrogens (tertiary/aromatic N) is 2. The summed E-state index contributed by atoms with van der Waals surface area (Å²) in [4.78, 5) is 38.8. The molecule has 0 radical (unpaired) electrons. The minimum atomic E-state index is -1.30. The first-order valence-electron chi connectivity index (χ1n) is 6.25. The van der Waals surface area contributed by atoms with Crippen LogP contribution >= 0.6 is 0 Å². The van der Waals surface area contributed by atoms with Gasteiger partial charge in [0, 0.05) is 18.7 Å². The molecule has 0 saturated carbocycles. The second-order valence-corrected chi connectivity index (χ2v) is 4.96. The average Bonchev–Trinajstić information content (AvgIpc) is 2.38. The summed E-state index contributed by atoms with van der Waals surface area (Å²) in [6.07, 6.45) is 0. The Morgan fingerprint density at radius 2 is 1.95 bits per heavy atom. The Kier molecular flexibility index (Phi) is 3.85. The molecule has 1 N–H and O–H groups in total. The standard InChI is InChI=1S/C14H16N2O4/c1-15(2)7-8-16-12(17)10-6-4-3-5-9(10)11(13(16)18)14(19)20/h3-6,11H,7-8H2,1-2H3,(H,19,20). The first-order chi connectivity index (χ1) is 9.43. The third-order valence-electron chi connectivity index (χ3n) is 3.28. The van der Waals surface area contributed by atoms with Gasteiger partial charge in [0.25, 0.3) is 5.91 Å². The first-order valence-corrected chi connectivity index (χ1v) is 6.25. The fraction of sp³-hybridized carbons (Fsp3) is 0.357. The molecule has 0 aliphatic carbocycles. The van der Waals surface area contributed by atoms with Crippen LogP contribution in [0.5, 0.6) is 0 Å². The highest BCUT2D eigenvalue weighted by Gasteiger charge is 2.42. The normalized spacial score (nSPS) is 18.4. The van der Waals surface area contributed by atoms with Gasteiger partial charge in [-0.3, -0.25) is 19.3 Å². The van der Waals surface area contributed by atoms with E-state index in [0.717, 1.165) is 4.90 Å². The van der Waals surface area contributed by atoms with E-state index in [9.17, 15) is 19.5 Å². The summed E-state index contributed by atoms with van der Waals surface area (Å²) >= 11 is 0. The van der Waals surface area contributed by atoms with Gasteiger partial charge >= 0.3 is 5.97 Å². The van der Waals surface area contributed by atoms with Gasteiger partial charge in [0.1, 0.15) is 0 Å². The SMILES string of the molecule is CN(C)CCN1C(=O)c2ccccc2C(C(=O)O)C1=O. The van der Waals surface area contributed by atoms with Crippen molar-refractivity contribution in [2.45, 2.75) is 5.92 Å². The number of carbonyl (C=O) groups is 3. The average molecular weight is 276 g/mol. The molecule has 1 aliphatic rings. The summed E-state index contributed by atoms with van der Waals surface area (Å²) in [7, 11) is 3.64. The van der Waals surface area contributed by atoms with Crippen LogP contribution in [0.1, 0.15) is 21.8 Å². The molecular weight excluding hydrogens is 260 g/mol. The lowest BCUT2D eigenvalue weighted by Crippen LogP contribution is -2.49. The smallest absolute Gasteiger partial charge is 0.320 e. The van der Waals surface area contributed by atoms with Crippen LogP contribution in [0, 0.1) is 0 Å².